The van der Waals surface area contributed by atoms with E-state index >= 15 is 0 Å². The van der Waals surface area contributed by atoms with E-state index < -0.39 is 36.1 Å². The highest BCUT2D eigenvalue weighted by atomic mass is 19.1. The number of nitrogens with one attached hydrogen (secondary N) is 1. The van der Waals surface area contributed by atoms with Gasteiger partial charge in [-0.3, -0.25) is 9.59 Å². The molecule has 3 unspecified atom stereocenters. The molecule has 0 spiro atoms. The van der Waals surface area contributed by atoms with Gasteiger partial charge in [-0.15, -0.1) is 0 Å². The molecule has 3 aromatic rings. The normalized spacial score (nSPS) is 22.0. The van der Waals surface area contributed by atoms with Gasteiger partial charge in [-0.05, 0) is 68.5 Å². The second-order valence-electron chi connectivity index (χ2n) is 9.54. The summed E-state index contributed by atoms with van der Waals surface area (Å²) >= 11 is 0. The summed E-state index contributed by atoms with van der Waals surface area (Å²) in [5.41, 5.74) is 0.789. The van der Waals surface area contributed by atoms with Crippen molar-refractivity contribution in [2.45, 2.75) is 63.4 Å². The minimum absolute atomic E-state index is 0.141. The molecule has 4 atom stereocenters. The van der Waals surface area contributed by atoms with Crippen molar-refractivity contribution in [3.63, 3.8) is 0 Å². The zero-order chi connectivity index (χ0) is 26.1. The fraction of sp³-hybridized carbons (Fsp3) is 0.407. The molecule has 1 aromatic heterocycles. The average Bonchev–Trinajstić information content (AvgIpc) is 3.56. The van der Waals surface area contributed by atoms with Gasteiger partial charge in [0.25, 0.3) is 11.8 Å². The van der Waals surface area contributed by atoms with E-state index in [1.54, 1.807) is 24.3 Å². The highest BCUT2D eigenvalue weighted by molar-refractivity contribution is 5.99. The smallest absolute Gasteiger partial charge is 0.268 e. The van der Waals surface area contributed by atoms with Gasteiger partial charge in [0.15, 0.2) is 11.9 Å². The Morgan fingerprint density at radius 3 is 2.51 bits per heavy atom. The third kappa shape index (κ3) is 5.40. The Bertz CT molecular complexity index is 1290. The predicted octanol–water partition coefficient (Wildman–Crippen LogP) is 3.61. The van der Waals surface area contributed by atoms with E-state index in [9.17, 15) is 24.2 Å². The van der Waals surface area contributed by atoms with Crippen molar-refractivity contribution < 1.29 is 33.5 Å². The number of benzene rings is 2. The maximum atomic E-state index is 14.8. The molecule has 0 saturated heterocycles. The maximum Gasteiger partial charge on any atom is 0.268 e. The monoisotopic (exact) mass is 509 g/mol. The average molecular weight is 510 g/mol. The van der Waals surface area contributed by atoms with Crippen LogP contribution in [0.15, 0.2) is 47.0 Å². The second kappa shape index (κ2) is 10.4. The van der Waals surface area contributed by atoms with Crippen LogP contribution in [0, 0.1) is 11.7 Å². The fourth-order valence-corrected chi connectivity index (χ4v) is 4.44. The molecule has 2 fully saturated rings. The van der Waals surface area contributed by atoms with Crippen LogP contribution in [0.4, 0.5) is 4.39 Å². The van der Waals surface area contributed by atoms with Crippen LogP contribution >= 0.6 is 0 Å². The molecule has 0 bridgehead atoms. The summed E-state index contributed by atoms with van der Waals surface area (Å²) in [7, 11) is 0. The van der Waals surface area contributed by atoms with Crippen molar-refractivity contribution in [1.29, 1.82) is 0 Å². The fourth-order valence-electron chi connectivity index (χ4n) is 4.44. The third-order valence-electron chi connectivity index (χ3n) is 6.82. The summed E-state index contributed by atoms with van der Waals surface area (Å²) in [5, 5.41) is 26.1. The van der Waals surface area contributed by atoms with E-state index in [2.05, 4.69) is 15.5 Å². The van der Waals surface area contributed by atoms with E-state index in [4.69, 9.17) is 9.26 Å². The highest BCUT2D eigenvalue weighted by Crippen LogP contribution is 2.33. The molecule has 194 valence electrons. The predicted molar refractivity (Wildman–Crippen MR) is 129 cm³/mol. The van der Waals surface area contributed by atoms with Gasteiger partial charge in [0.2, 0.25) is 5.82 Å². The van der Waals surface area contributed by atoms with Gasteiger partial charge in [0.1, 0.15) is 17.7 Å². The number of carbonyl (C=O) groups is 2. The Kier molecular flexibility index (Phi) is 7.03. The standard InChI is InChI=1S/C27H28FN3O6/c1-2-22(36-17-8-5-15(6-9-17)23(33)14-3-4-14)27-30-25(31-37-27)16-7-10-18(19(28)13-16)26(35)29-20-11-12-21(32)24(20)34/h5-10,13-14,20-22,24,32,34H,2-4,11-12H2,1H3,(H,29,35)/t20?,21?,22-,24?/m1/s1. The van der Waals surface area contributed by atoms with Crippen molar-refractivity contribution in [3.05, 3.63) is 65.3 Å². The van der Waals surface area contributed by atoms with Crippen molar-refractivity contribution in [2.24, 2.45) is 5.92 Å². The van der Waals surface area contributed by atoms with Gasteiger partial charge in [-0.25, -0.2) is 4.39 Å². The number of carbonyl (C=O) groups excluding carboxylic acids is 2. The summed E-state index contributed by atoms with van der Waals surface area (Å²) < 4.78 is 26.2. The van der Waals surface area contributed by atoms with Crippen molar-refractivity contribution in [1.82, 2.24) is 15.5 Å². The Balaban J connectivity index is 1.25. The molecule has 10 heteroatoms. The molecule has 2 aliphatic rings. The summed E-state index contributed by atoms with van der Waals surface area (Å²) in [4.78, 5) is 29.0. The van der Waals surface area contributed by atoms with Gasteiger partial charge < -0.3 is 24.8 Å². The molecule has 2 aromatic carbocycles. The topological polar surface area (TPSA) is 135 Å². The molecule has 37 heavy (non-hydrogen) atoms. The minimum atomic E-state index is -1.08. The zero-order valence-corrected chi connectivity index (χ0v) is 20.3. The largest absolute Gasteiger partial charge is 0.481 e. The lowest BCUT2D eigenvalue weighted by Crippen LogP contribution is -2.43. The molecule has 9 nitrogen and oxygen atoms in total. The summed E-state index contributed by atoms with van der Waals surface area (Å²) in [5.74, 6) is -0.242. The lowest BCUT2D eigenvalue weighted by molar-refractivity contribution is 0.0296. The van der Waals surface area contributed by atoms with Gasteiger partial charge in [0, 0.05) is 17.0 Å². The summed E-state index contributed by atoms with van der Waals surface area (Å²) in [6.07, 6.45) is 0.657. The first-order valence-corrected chi connectivity index (χ1v) is 12.5. The van der Waals surface area contributed by atoms with Gasteiger partial charge in [-0.2, -0.15) is 4.98 Å². The van der Waals surface area contributed by atoms with E-state index in [1.165, 1.54) is 12.1 Å². The molecule has 1 amide bonds. The van der Waals surface area contributed by atoms with Crippen LogP contribution < -0.4 is 10.1 Å². The second-order valence-corrected chi connectivity index (χ2v) is 9.54. The molecule has 1 heterocycles. The highest BCUT2D eigenvalue weighted by Gasteiger charge is 2.35. The van der Waals surface area contributed by atoms with E-state index in [0.717, 1.165) is 18.9 Å². The molecule has 5 rings (SSSR count). The maximum absolute atomic E-state index is 14.8. The number of halogens is 1. The molecule has 2 aliphatic carbocycles. The number of hydrogen-bond acceptors (Lipinski definition) is 8. The van der Waals surface area contributed by atoms with Crippen LogP contribution in [0.2, 0.25) is 0 Å². The number of amides is 1. The van der Waals surface area contributed by atoms with E-state index in [1.807, 2.05) is 6.92 Å². The van der Waals surface area contributed by atoms with Crippen LogP contribution in [0.3, 0.4) is 0 Å². The van der Waals surface area contributed by atoms with Crippen LogP contribution in [-0.4, -0.2) is 50.3 Å². The molecular formula is C27H28FN3O6. The number of aliphatic hydroxyl groups excluding tert-OH is 2. The Labute approximate surface area is 212 Å². The van der Waals surface area contributed by atoms with Crippen LogP contribution in [-0.2, 0) is 0 Å². The Morgan fingerprint density at radius 2 is 1.89 bits per heavy atom. The third-order valence-corrected chi connectivity index (χ3v) is 6.82. The minimum Gasteiger partial charge on any atom is -0.481 e. The van der Waals surface area contributed by atoms with E-state index in [-0.39, 0.29) is 29.0 Å². The number of rotatable bonds is 9. The van der Waals surface area contributed by atoms with Crippen molar-refractivity contribution in [2.75, 3.05) is 0 Å². The molecule has 2 saturated carbocycles. The first-order valence-electron chi connectivity index (χ1n) is 12.5. The van der Waals surface area contributed by atoms with Crippen LogP contribution in [0.1, 0.15) is 71.7 Å². The molecule has 0 aliphatic heterocycles. The Hall–Kier alpha value is -3.63. The first kappa shape index (κ1) is 25.0. The van der Waals surface area contributed by atoms with Crippen LogP contribution in [0.5, 0.6) is 5.75 Å². The number of nitrogens with zero attached hydrogens (tertiary/aromatic N) is 2. The quantitative estimate of drug-likeness (QED) is 0.373. The molecule has 3 N–H and O–H groups in total. The number of hydrogen-bond donors (Lipinski definition) is 3. The lowest BCUT2D eigenvalue weighted by atomic mass is 10.1. The van der Waals surface area contributed by atoms with Gasteiger partial charge in [-0.1, -0.05) is 18.1 Å². The number of aliphatic hydroxyl groups is 2. The van der Waals surface area contributed by atoms with Gasteiger partial charge >= 0.3 is 0 Å². The van der Waals surface area contributed by atoms with E-state index in [0.29, 0.717) is 36.1 Å². The lowest BCUT2D eigenvalue weighted by Gasteiger charge is -2.18. The van der Waals surface area contributed by atoms with Gasteiger partial charge in [0.05, 0.1) is 17.7 Å². The SMILES string of the molecule is CC[C@@H](Oc1ccc(C(=O)C2CC2)cc1)c1nc(-c2ccc(C(=O)NC3CCC(O)C3O)c(F)c2)no1. The van der Waals surface area contributed by atoms with Crippen molar-refractivity contribution in [3.8, 4) is 17.1 Å². The number of Topliss-reactive ketones (excluding diaryl/α,β-unsaturated/α-hetero) is 1. The number of ketones is 1. The summed E-state index contributed by atoms with van der Waals surface area (Å²) in [6, 6.07) is 10.3. The number of aromatic nitrogens is 2. The first-order chi connectivity index (χ1) is 17.8. The van der Waals surface area contributed by atoms with Crippen LogP contribution in [0.25, 0.3) is 11.4 Å². The molecule has 0 radical (unpaired) electrons. The summed E-state index contributed by atoms with van der Waals surface area (Å²) in [6.45, 7) is 1.90. The zero-order valence-electron chi connectivity index (χ0n) is 20.3. The number of ether oxygens (including phenoxy) is 1. The molecular weight excluding hydrogens is 481 g/mol. The van der Waals surface area contributed by atoms with Crippen molar-refractivity contribution >= 4 is 11.7 Å². The Morgan fingerprint density at radius 1 is 1.14 bits per heavy atom.